The predicted octanol–water partition coefficient (Wildman–Crippen LogP) is 4.31. The van der Waals surface area contributed by atoms with Gasteiger partial charge in [0, 0.05) is 6.07 Å². The molecule has 2 N–H and O–H groups in total. The second-order valence-corrected chi connectivity index (χ2v) is 6.91. The Balaban J connectivity index is 2.17. The zero-order chi connectivity index (χ0) is 14.3. The monoisotopic (exact) mass is 406 g/mol. The predicted molar refractivity (Wildman–Crippen MR) is 87.9 cm³/mol. The summed E-state index contributed by atoms with van der Waals surface area (Å²) in [6, 6.07) is 3.22. The van der Waals surface area contributed by atoms with Crippen molar-refractivity contribution in [3.05, 3.63) is 26.3 Å². The van der Waals surface area contributed by atoms with Crippen LogP contribution in [0, 0.1) is 14.2 Å². The van der Waals surface area contributed by atoms with E-state index in [0.29, 0.717) is 8.34 Å². The topological polar surface area (TPSA) is 41.0 Å². The van der Waals surface area contributed by atoms with Gasteiger partial charge in [-0.15, -0.1) is 0 Å². The van der Waals surface area contributed by atoms with E-state index in [1.54, 1.807) is 6.07 Å². The molecule has 3 nitrogen and oxygen atoms in total. The molecule has 1 aliphatic rings. The van der Waals surface area contributed by atoms with E-state index in [-0.39, 0.29) is 11.9 Å². The summed E-state index contributed by atoms with van der Waals surface area (Å²) in [7, 11) is 0. The van der Waals surface area contributed by atoms with E-state index in [0.717, 1.165) is 43.1 Å². The third kappa shape index (κ3) is 2.53. The Morgan fingerprint density at radius 3 is 2.85 bits per heavy atom. The molecule has 6 heteroatoms. The van der Waals surface area contributed by atoms with Gasteiger partial charge in [0.15, 0.2) is 4.77 Å². The molecule has 2 atom stereocenters. The van der Waals surface area contributed by atoms with Crippen molar-refractivity contribution in [2.75, 3.05) is 0 Å². The first-order chi connectivity index (χ1) is 9.58. The molecular weight excluding hydrogens is 390 g/mol. The van der Waals surface area contributed by atoms with Crippen LogP contribution in [0.1, 0.15) is 38.1 Å². The van der Waals surface area contributed by atoms with Crippen LogP contribution in [0.15, 0.2) is 12.1 Å². The van der Waals surface area contributed by atoms with Gasteiger partial charge >= 0.3 is 0 Å². The van der Waals surface area contributed by atoms with Crippen LogP contribution < -0.4 is 0 Å². The van der Waals surface area contributed by atoms with Crippen LogP contribution in [-0.2, 0) is 0 Å². The van der Waals surface area contributed by atoms with Crippen molar-refractivity contribution in [3.8, 4) is 0 Å². The second-order valence-electron chi connectivity index (χ2n) is 5.36. The molecule has 0 amide bonds. The number of aromatic amines is 1. The molecule has 1 saturated carbocycles. The van der Waals surface area contributed by atoms with Gasteiger partial charge in [0.2, 0.25) is 0 Å². The molecule has 2 aromatic rings. The average Bonchev–Trinajstić information content (AvgIpc) is 2.58. The summed E-state index contributed by atoms with van der Waals surface area (Å²) in [5.41, 5.74) is 1.58. The summed E-state index contributed by atoms with van der Waals surface area (Å²) >= 11 is 7.36. The fourth-order valence-electron chi connectivity index (χ4n) is 3.02. The highest BCUT2D eigenvalue weighted by molar-refractivity contribution is 14.1. The zero-order valence-electron chi connectivity index (χ0n) is 10.9. The van der Waals surface area contributed by atoms with Crippen molar-refractivity contribution < 1.29 is 9.50 Å². The first-order valence-electron chi connectivity index (χ1n) is 6.85. The Labute approximate surface area is 135 Å². The molecular formula is C14H16FIN2OS. The Bertz CT molecular complexity index is 696. The van der Waals surface area contributed by atoms with E-state index in [2.05, 4.69) is 4.98 Å². The van der Waals surface area contributed by atoms with Gasteiger partial charge in [-0.2, -0.15) is 0 Å². The van der Waals surface area contributed by atoms with Gasteiger partial charge in [-0.25, -0.2) is 4.39 Å². The number of aliphatic hydroxyl groups excluding tert-OH is 1. The van der Waals surface area contributed by atoms with Crippen LogP contribution in [-0.4, -0.2) is 20.8 Å². The minimum absolute atomic E-state index is 0.0572. The summed E-state index contributed by atoms with van der Waals surface area (Å²) in [6.45, 7) is 0. The Morgan fingerprint density at radius 2 is 2.05 bits per heavy atom. The molecule has 1 fully saturated rings. The maximum atomic E-state index is 13.9. The molecule has 2 unspecified atom stereocenters. The molecule has 1 aromatic carbocycles. The van der Waals surface area contributed by atoms with Gasteiger partial charge in [-0.1, -0.05) is 19.3 Å². The van der Waals surface area contributed by atoms with Crippen LogP contribution in [0.3, 0.4) is 0 Å². The number of fused-ring (bicyclic) bond motifs is 1. The first kappa shape index (κ1) is 14.5. The molecule has 1 heterocycles. The molecule has 1 aromatic heterocycles. The number of hydrogen-bond donors (Lipinski definition) is 2. The number of aliphatic hydroxyl groups is 1. The van der Waals surface area contributed by atoms with Gasteiger partial charge in [-0.3, -0.25) is 0 Å². The molecule has 20 heavy (non-hydrogen) atoms. The fraction of sp³-hybridized carbons (Fsp3) is 0.500. The minimum Gasteiger partial charge on any atom is -0.391 e. The number of benzene rings is 1. The first-order valence-corrected chi connectivity index (χ1v) is 8.34. The van der Waals surface area contributed by atoms with Crippen LogP contribution >= 0.6 is 34.8 Å². The molecule has 0 bridgehead atoms. The molecule has 1 aliphatic carbocycles. The molecule has 0 saturated heterocycles. The highest BCUT2D eigenvalue weighted by Crippen LogP contribution is 2.32. The maximum absolute atomic E-state index is 13.9. The quantitative estimate of drug-likeness (QED) is 0.421. The third-order valence-corrected chi connectivity index (χ3v) is 5.16. The Morgan fingerprint density at radius 1 is 1.30 bits per heavy atom. The van der Waals surface area contributed by atoms with Crippen LogP contribution in [0.4, 0.5) is 4.39 Å². The smallest absolute Gasteiger partial charge is 0.178 e. The fourth-order valence-corrected chi connectivity index (χ4v) is 3.83. The highest BCUT2D eigenvalue weighted by atomic mass is 127. The number of nitrogens with one attached hydrogen (secondary N) is 1. The van der Waals surface area contributed by atoms with Crippen LogP contribution in [0.5, 0.6) is 0 Å². The summed E-state index contributed by atoms with van der Waals surface area (Å²) in [6.07, 6.45) is 4.51. The lowest BCUT2D eigenvalue weighted by Crippen LogP contribution is -2.23. The van der Waals surface area contributed by atoms with Crippen molar-refractivity contribution in [2.24, 2.45) is 0 Å². The summed E-state index contributed by atoms with van der Waals surface area (Å²) < 4.78 is 16.9. The van der Waals surface area contributed by atoms with Gasteiger partial charge in [-0.05, 0) is 53.7 Å². The lowest BCUT2D eigenvalue weighted by molar-refractivity contribution is 0.107. The van der Waals surface area contributed by atoms with Crippen molar-refractivity contribution >= 4 is 45.8 Å². The van der Waals surface area contributed by atoms with Crippen molar-refractivity contribution in [3.63, 3.8) is 0 Å². The zero-order valence-corrected chi connectivity index (χ0v) is 13.9. The van der Waals surface area contributed by atoms with E-state index < -0.39 is 6.10 Å². The Hall–Kier alpha value is -0.470. The molecule has 0 radical (unpaired) electrons. The Kier molecular flexibility index (Phi) is 4.14. The van der Waals surface area contributed by atoms with E-state index >= 15 is 0 Å². The number of nitrogens with zero attached hydrogens (tertiary/aromatic N) is 1. The van der Waals surface area contributed by atoms with E-state index in [9.17, 15) is 9.50 Å². The number of rotatable bonds is 1. The lowest BCUT2D eigenvalue weighted by Gasteiger charge is -2.22. The summed E-state index contributed by atoms with van der Waals surface area (Å²) in [5, 5.41) is 10.4. The summed E-state index contributed by atoms with van der Waals surface area (Å²) in [4.78, 5) is 3.13. The number of hydrogen-bond acceptors (Lipinski definition) is 2. The maximum Gasteiger partial charge on any atom is 0.178 e. The average molecular weight is 406 g/mol. The molecule has 108 valence electrons. The van der Waals surface area contributed by atoms with E-state index in [4.69, 9.17) is 12.2 Å². The second kappa shape index (κ2) is 5.73. The number of aromatic nitrogens is 2. The normalized spacial score (nSPS) is 23.9. The van der Waals surface area contributed by atoms with E-state index in [1.165, 1.54) is 6.07 Å². The van der Waals surface area contributed by atoms with Crippen molar-refractivity contribution in [1.82, 2.24) is 9.55 Å². The van der Waals surface area contributed by atoms with Crippen molar-refractivity contribution in [2.45, 2.75) is 44.2 Å². The lowest BCUT2D eigenvalue weighted by atomic mass is 10.1. The molecule has 0 spiro atoms. The third-order valence-electron chi connectivity index (χ3n) is 4.03. The van der Waals surface area contributed by atoms with Crippen molar-refractivity contribution in [1.29, 1.82) is 0 Å². The van der Waals surface area contributed by atoms with Crippen LogP contribution in [0.25, 0.3) is 11.0 Å². The van der Waals surface area contributed by atoms with Crippen LogP contribution in [0.2, 0.25) is 0 Å². The number of imidazole rings is 1. The number of H-pyrrole nitrogens is 1. The summed E-state index contributed by atoms with van der Waals surface area (Å²) in [5.74, 6) is -0.246. The van der Waals surface area contributed by atoms with Gasteiger partial charge in [0.05, 0.1) is 26.7 Å². The van der Waals surface area contributed by atoms with E-state index in [1.807, 2.05) is 27.2 Å². The SMILES string of the molecule is OC1CCCCCC1n1c(=S)[nH]c2cc(I)c(F)cc21. The van der Waals surface area contributed by atoms with Gasteiger partial charge in [0.25, 0.3) is 0 Å². The molecule has 3 rings (SSSR count). The minimum atomic E-state index is -0.412. The van der Waals surface area contributed by atoms with Gasteiger partial charge < -0.3 is 14.7 Å². The standard InChI is InChI=1S/C14H16FIN2OS/c15-8-6-12-10(7-9(8)16)17-14(20)18(12)11-4-2-1-3-5-13(11)19/h6-7,11,13,19H,1-5H2,(H,17,20). The highest BCUT2D eigenvalue weighted by Gasteiger charge is 2.25. The number of halogens is 2. The molecule has 0 aliphatic heterocycles. The largest absolute Gasteiger partial charge is 0.391 e. The van der Waals surface area contributed by atoms with Gasteiger partial charge in [0.1, 0.15) is 5.82 Å².